The van der Waals surface area contributed by atoms with Gasteiger partial charge in [0.05, 0.1) is 25.2 Å². The van der Waals surface area contributed by atoms with Crippen molar-refractivity contribution in [3.05, 3.63) is 125 Å². The number of carbonyl (C=O) groups excluding carboxylic acids is 3. The number of hydrogen-bond acceptors (Lipinski definition) is 8. The molecule has 0 radical (unpaired) electrons. The van der Waals surface area contributed by atoms with Crippen LogP contribution in [0.2, 0.25) is 0 Å². The third kappa shape index (κ3) is 9.37. The van der Waals surface area contributed by atoms with Gasteiger partial charge in [0.25, 0.3) is 11.8 Å². The SMILES string of the molecule is CCC(Sc1cccc(NC(=O)/C(=C\c2cccc(C)c2)NC(=O)c2ccccc2)c1)C(=O)Nc1nc(-c2ccc(OC)c(OC)c2)cs1. The lowest BCUT2D eigenvalue weighted by Gasteiger charge is -2.15. The fourth-order valence-electron chi connectivity index (χ4n) is 4.85. The first-order chi connectivity index (χ1) is 23.8. The molecule has 0 saturated carbocycles. The maximum absolute atomic E-state index is 13.6. The van der Waals surface area contributed by atoms with Crippen molar-refractivity contribution in [1.82, 2.24) is 10.3 Å². The van der Waals surface area contributed by atoms with Crippen LogP contribution < -0.4 is 25.4 Å². The normalized spacial score (nSPS) is 11.7. The molecule has 250 valence electrons. The Morgan fingerprint density at radius 2 is 1.65 bits per heavy atom. The number of hydrogen-bond donors (Lipinski definition) is 3. The minimum atomic E-state index is -0.480. The Hall–Kier alpha value is -5.39. The summed E-state index contributed by atoms with van der Waals surface area (Å²) in [4.78, 5) is 45.3. The van der Waals surface area contributed by atoms with Gasteiger partial charge in [0.15, 0.2) is 16.6 Å². The average Bonchev–Trinajstić information content (AvgIpc) is 3.58. The number of nitrogens with one attached hydrogen (secondary N) is 3. The highest BCUT2D eigenvalue weighted by Crippen LogP contribution is 2.34. The van der Waals surface area contributed by atoms with Crippen molar-refractivity contribution < 1.29 is 23.9 Å². The molecular formula is C38H36N4O5S2. The Morgan fingerprint density at radius 3 is 2.39 bits per heavy atom. The van der Waals surface area contributed by atoms with Gasteiger partial charge in [0, 0.05) is 27.1 Å². The first kappa shape index (κ1) is 34.9. The van der Waals surface area contributed by atoms with Crippen LogP contribution in [0.4, 0.5) is 10.8 Å². The second-order valence-electron chi connectivity index (χ2n) is 10.9. The molecule has 5 aromatic rings. The number of thiazole rings is 1. The van der Waals surface area contributed by atoms with Gasteiger partial charge in [-0.1, -0.05) is 61.0 Å². The third-order valence-electron chi connectivity index (χ3n) is 7.33. The molecule has 0 fully saturated rings. The lowest BCUT2D eigenvalue weighted by molar-refractivity contribution is -0.116. The molecule has 5 rings (SSSR count). The summed E-state index contributed by atoms with van der Waals surface area (Å²) in [5.74, 6) is 0.158. The van der Waals surface area contributed by atoms with Crippen molar-refractivity contribution in [2.75, 3.05) is 24.9 Å². The molecule has 1 aromatic heterocycles. The van der Waals surface area contributed by atoms with Gasteiger partial charge in [-0.15, -0.1) is 23.1 Å². The number of nitrogens with zero attached hydrogens (tertiary/aromatic N) is 1. The first-order valence-corrected chi connectivity index (χ1v) is 17.2. The number of methoxy groups -OCH3 is 2. The van der Waals surface area contributed by atoms with Crippen LogP contribution in [-0.4, -0.2) is 42.2 Å². The fourth-order valence-corrected chi connectivity index (χ4v) is 6.58. The molecule has 11 heteroatoms. The number of aromatic nitrogens is 1. The predicted octanol–water partition coefficient (Wildman–Crippen LogP) is 8.05. The number of ether oxygens (including phenoxy) is 2. The molecule has 1 unspecified atom stereocenters. The van der Waals surface area contributed by atoms with Crippen molar-refractivity contribution in [1.29, 1.82) is 0 Å². The quantitative estimate of drug-likeness (QED) is 0.0844. The van der Waals surface area contributed by atoms with E-state index in [2.05, 4.69) is 20.9 Å². The molecule has 3 N–H and O–H groups in total. The number of carbonyl (C=O) groups is 3. The standard InChI is InChI=1S/C38H36N4O5S2/c1-5-34(37(45)42-38-41-31(23-48-38)27-17-18-32(46-3)33(21-27)47-4)49-29-16-10-15-28(22-29)39-36(44)30(20-25-12-9-11-24(2)19-25)40-35(43)26-13-7-6-8-14-26/h6-23,34H,5H2,1-4H3,(H,39,44)(H,40,43)(H,41,42,45)/b30-20+. The molecule has 0 spiro atoms. The van der Waals surface area contributed by atoms with E-state index in [0.29, 0.717) is 40.0 Å². The van der Waals surface area contributed by atoms with Gasteiger partial charge in [-0.05, 0) is 73.5 Å². The second kappa shape index (κ2) is 16.6. The van der Waals surface area contributed by atoms with Crippen LogP contribution >= 0.6 is 23.1 Å². The highest BCUT2D eigenvalue weighted by Gasteiger charge is 2.21. The van der Waals surface area contributed by atoms with Gasteiger partial charge in [0.1, 0.15) is 5.70 Å². The van der Waals surface area contributed by atoms with Gasteiger partial charge < -0.3 is 25.4 Å². The number of aryl methyl sites for hydroxylation is 1. The van der Waals surface area contributed by atoms with Crippen molar-refractivity contribution in [3.63, 3.8) is 0 Å². The van der Waals surface area contributed by atoms with Gasteiger partial charge >= 0.3 is 0 Å². The zero-order valence-electron chi connectivity index (χ0n) is 27.5. The molecule has 0 aliphatic carbocycles. The smallest absolute Gasteiger partial charge is 0.272 e. The summed E-state index contributed by atoms with van der Waals surface area (Å²) < 4.78 is 10.7. The maximum Gasteiger partial charge on any atom is 0.272 e. The van der Waals surface area contributed by atoms with E-state index in [1.165, 1.54) is 23.1 Å². The molecule has 0 aliphatic rings. The van der Waals surface area contributed by atoms with Crippen LogP contribution in [0, 0.1) is 6.92 Å². The van der Waals surface area contributed by atoms with Crippen molar-refractivity contribution >= 4 is 57.7 Å². The van der Waals surface area contributed by atoms with E-state index in [1.807, 2.05) is 79.9 Å². The Bertz CT molecular complexity index is 1980. The molecule has 49 heavy (non-hydrogen) atoms. The van der Waals surface area contributed by atoms with E-state index < -0.39 is 17.1 Å². The molecule has 1 atom stereocenters. The van der Waals surface area contributed by atoms with Gasteiger partial charge in [0.2, 0.25) is 5.91 Å². The number of anilines is 2. The van der Waals surface area contributed by atoms with Gasteiger partial charge in [-0.3, -0.25) is 14.4 Å². The highest BCUT2D eigenvalue weighted by atomic mass is 32.2. The van der Waals surface area contributed by atoms with E-state index in [1.54, 1.807) is 56.7 Å². The summed E-state index contributed by atoms with van der Waals surface area (Å²) >= 11 is 2.73. The van der Waals surface area contributed by atoms with Crippen LogP contribution in [0.1, 0.15) is 34.8 Å². The summed E-state index contributed by atoms with van der Waals surface area (Å²) in [6, 6.07) is 29.2. The number of rotatable bonds is 13. The Balaban J connectivity index is 1.27. The average molecular weight is 693 g/mol. The molecule has 0 bridgehead atoms. The van der Waals surface area contributed by atoms with E-state index in [0.717, 1.165) is 21.6 Å². The molecular weight excluding hydrogens is 657 g/mol. The summed E-state index contributed by atoms with van der Waals surface area (Å²) in [6.45, 7) is 3.90. The van der Waals surface area contributed by atoms with Crippen LogP contribution in [0.5, 0.6) is 11.5 Å². The van der Waals surface area contributed by atoms with Gasteiger partial charge in [-0.25, -0.2) is 4.98 Å². The fraction of sp³-hybridized carbons (Fsp3) is 0.158. The lowest BCUT2D eigenvalue weighted by Crippen LogP contribution is -2.30. The van der Waals surface area contributed by atoms with Crippen molar-refractivity contribution in [2.24, 2.45) is 0 Å². The van der Waals surface area contributed by atoms with Crippen LogP contribution in [0.3, 0.4) is 0 Å². The monoisotopic (exact) mass is 692 g/mol. The molecule has 4 aromatic carbocycles. The van der Waals surface area contributed by atoms with Crippen LogP contribution in [-0.2, 0) is 9.59 Å². The maximum atomic E-state index is 13.6. The Labute approximate surface area is 293 Å². The largest absolute Gasteiger partial charge is 0.493 e. The molecule has 9 nitrogen and oxygen atoms in total. The zero-order chi connectivity index (χ0) is 34.8. The van der Waals surface area contributed by atoms with Crippen LogP contribution in [0.25, 0.3) is 17.3 Å². The first-order valence-electron chi connectivity index (χ1n) is 15.5. The molecule has 1 heterocycles. The van der Waals surface area contributed by atoms with E-state index in [9.17, 15) is 14.4 Å². The zero-order valence-corrected chi connectivity index (χ0v) is 29.1. The lowest BCUT2D eigenvalue weighted by atomic mass is 10.1. The van der Waals surface area contributed by atoms with Crippen molar-refractivity contribution in [2.45, 2.75) is 30.4 Å². The van der Waals surface area contributed by atoms with Gasteiger partial charge in [-0.2, -0.15) is 0 Å². The Morgan fingerprint density at radius 1 is 0.878 bits per heavy atom. The summed E-state index contributed by atoms with van der Waals surface area (Å²) in [7, 11) is 3.16. The molecule has 0 aliphatic heterocycles. The minimum Gasteiger partial charge on any atom is -0.493 e. The summed E-state index contributed by atoms with van der Waals surface area (Å²) in [5.41, 5.74) is 4.40. The molecule has 3 amide bonds. The summed E-state index contributed by atoms with van der Waals surface area (Å²) in [6.07, 6.45) is 2.21. The number of thioether (sulfide) groups is 1. The summed E-state index contributed by atoms with van der Waals surface area (Å²) in [5, 5.41) is 10.6. The minimum absolute atomic E-state index is 0.0965. The third-order valence-corrected chi connectivity index (χ3v) is 9.44. The number of amides is 3. The Kier molecular flexibility index (Phi) is 11.9. The molecule has 0 saturated heterocycles. The van der Waals surface area contributed by atoms with Crippen LogP contribution in [0.15, 0.2) is 113 Å². The van der Waals surface area contributed by atoms with Crippen molar-refractivity contribution in [3.8, 4) is 22.8 Å². The second-order valence-corrected chi connectivity index (χ2v) is 13.0. The number of benzene rings is 4. The van der Waals surface area contributed by atoms with E-state index in [4.69, 9.17) is 9.47 Å². The highest BCUT2D eigenvalue weighted by molar-refractivity contribution is 8.00. The van der Waals surface area contributed by atoms with E-state index >= 15 is 0 Å². The predicted molar refractivity (Wildman–Crippen MR) is 197 cm³/mol. The topological polar surface area (TPSA) is 119 Å². The van der Waals surface area contributed by atoms with E-state index in [-0.39, 0.29) is 11.6 Å².